The van der Waals surface area contributed by atoms with Gasteiger partial charge in [0.05, 0.1) is 18.4 Å². The van der Waals surface area contributed by atoms with E-state index in [1.54, 1.807) is 19.1 Å². The number of benzene rings is 1. The zero-order valence-corrected chi connectivity index (χ0v) is 17.3. The standard InChI is InChI=1S/C21H24ClN3O4/c1-4-28-20(26)18-16(23-21(27)24-19(18)17-9-6-10-29-17)12-25(3)13(2)14-7-5-8-15(22)11-14/h5-11,13,19H,4,12H2,1-3H3,(H2,23,24,27). The van der Waals surface area contributed by atoms with Gasteiger partial charge in [-0.15, -0.1) is 0 Å². The summed E-state index contributed by atoms with van der Waals surface area (Å²) in [5.74, 6) is -0.0360. The molecule has 1 aliphatic heterocycles. The topological polar surface area (TPSA) is 83.8 Å². The predicted molar refractivity (Wildman–Crippen MR) is 109 cm³/mol. The summed E-state index contributed by atoms with van der Waals surface area (Å²) >= 11 is 6.12. The van der Waals surface area contributed by atoms with Crippen LogP contribution in [0.3, 0.4) is 0 Å². The molecular weight excluding hydrogens is 394 g/mol. The van der Waals surface area contributed by atoms with E-state index in [1.165, 1.54) is 6.26 Å². The van der Waals surface area contributed by atoms with Crippen molar-refractivity contribution < 1.29 is 18.7 Å². The summed E-state index contributed by atoms with van der Waals surface area (Å²) < 4.78 is 10.7. The Labute approximate surface area is 174 Å². The van der Waals surface area contributed by atoms with Gasteiger partial charge in [0.15, 0.2) is 0 Å². The van der Waals surface area contributed by atoms with E-state index < -0.39 is 18.0 Å². The summed E-state index contributed by atoms with van der Waals surface area (Å²) in [5, 5.41) is 6.16. The second-order valence-electron chi connectivity index (χ2n) is 6.81. The van der Waals surface area contributed by atoms with Crippen LogP contribution in [-0.2, 0) is 9.53 Å². The minimum absolute atomic E-state index is 0.00139. The number of rotatable bonds is 7. The molecule has 154 valence electrons. The van der Waals surface area contributed by atoms with E-state index in [-0.39, 0.29) is 12.6 Å². The van der Waals surface area contributed by atoms with Crippen LogP contribution in [0.4, 0.5) is 4.79 Å². The molecule has 0 radical (unpaired) electrons. The lowest BCUT2D eigenvalue weighted by Crippen LogP contribution is -2.48. The molecule has 2 amide bonds. The molecule has 1 aromatic heterocycles. The number of hydrogen-bond donors (Lipinski definition) is 2. The number of halogens is 1. The number of hydrogen-bond acceptors (Lipinski definition) is 5. The molecule has 2 heterocycles. The largest absolute Gasteiger partial charge is 0.467 e. The zero-order valence-electron chi connectivity index (χ0n) is 16.6. The van der Waals surface area contributed by atoms with Crippen LogP contribution in [0, 0.1) is 0 Å². The Hall–Kier alpha value is -2.77. The van der Waals surface area contributed by atoms with E-state index in [2.05, 4.69) is 10.6 Å². The maximum absolute atomic E-state index is 12.7. The average Bonchev–Trinajstić information content (AvgIpc) is 3.21. The van der Waals surface area contributed by atoms with E-state index in [9.17, 15) is 9.59 Å². The first-order chi connectivity index (χ1) is 13.9. The Morgan fingerprint density at radius 2 is 2.14 bits per heavy atom. The highest BCUT2D eigenvalue weighted by Crippen LogP contribution is 2.30. The fourth-order valence-electron chi connectivity index (χ4n) is 3.27. The molecule has 0 fully saturated rings. The van der Waals surface area contributed by atoms with Gasteiger partial charge in [-0.3, -0.25) is 4.90 Å². The van der Waals surface area contributed by atoms with Gasteiger partial charge < -0.3 is 19.8 Å². The predicted octanol–water partition coefficient (Wildman–Crippen LogP) is 3.80. The Balaban J connectivity index is 1.94. The second kappa shape index (κ2) is 9.15. The maximum Gasteiger partial charge on any atom is 0.338 e. The molecule has 0 saturated carbocycles. The number of carbonyl (C=O) groups is 2. The molecule has 0 saturated heterocycles. The van der Waals surface area contributed by atoms with Crippen LogP contribution in [0.15, 0.2) is 58.3 Å². The van der Waals surface area contributed by atoms with E-state index in [0.29, 0.717) is 28.6 Å². The fraction of sp³-hybridized carbons (Fsp3) is 0.333. The number of nitrogens with zero attached hydrogens (tertiary/aromatic N) is 1. The number of furan rings is 1. The van der Waals surface area contributed by atoms with Crippen molar-refractivity contribution in [3.8, 4) is 0 Å². The van der Waals surface area contributed by atoms with E-state index in [0.717, 1.165) is 5.56 Å². The number of esters is 1. The molecule has 1 aliphatic rings. The van der Waals surface area contributed by atoms with Crippen LogP contribution in [0.2, 0.25) is 5.02 Å². The molecular formula is C21H24ClN3O4. The van der Waals surface area contributed by atoms with Gasteiger partial charge in [0.1, 0.15) is 11.8 Å². The SMILES string of the molecule is CCOC(=O)C1=C(CN(C)C(C)c2cccc(Cl)c2)NC(=O)NC1c1ccco1. The first-order valence-corrected chi connectivity index (χ1v) is 9.75. The summed E-state index contributed by atoms with van der Waals surface area (Å²) in [6, 6.07) is 9.89. The van der Waals surface area contributed by atoms with Crippen molar-refractivity contribution in [2.45, 2.75) is 25.9 Å². The summed E-state index contributed by atoms with van der Waals surface area (Å²) in [4.78, 5) is 27.0. The van der Waals surface area contributed by atoms with Gasteiger partial charge in [-0.05, 0) is 50.7 Å². The number of amides is 2. The number of ether oxygens (including phenoxy) is 1. The second-order valence-corrected chi connectivity index (χ2v) is 7.24. The van der Waals surface area contributed by atoms with Crippen LogP contribution in [-0.4, -0.2) is 37.1 Å². The van der Waals surface area contributed by atoms with Crippen molar-refractivity contribution in [1.82, 2.24) is 15.5 Å². The van der Waals surface area contributed by atoms with Gasteiger partial charge in [0, 0.05) is 23.3 Å². The third-order valence-electron chi connectivity index (χ3n) is 4.88. The molecule has 0 bridgehead atoms. The summed E-state index contributed by atoms with van der Waals surface area (Å²) in [6.07, 6.45) is 1.50. The van der Waals surface area contributed by atoms with Crippen molar-refractivity contribution in [3.05, 3.63) is 70.3 Å². The van der Waals surface area contributed by atoms with Gasteiger partial charge in [-0.2, -0.15) is 0 Å². The number of nitrogens with one attached hydrogen (secondary N) is 2. The third-order valence-corrected chi connectivity index (χ3v) is 5.11. The number of urea groups is 1. The van der Waals surface area contributed by atoms with Crippen LogP contribution in [0.5, 0.6) is 0 Å². The van der Waals surface area contributed by atoms with E-state index >= 15 is 0 Å². The van der Waals surface area contributed by atoms with Crippen LogP contribution in [0.1, 0.15) is 37.3 Å². The third kappa shape index (κ3) is 4.81. The molecule has 29 heavy (non-hydrogen) atoms. The van der Waals surface area contributed by atoms with Crippen molar-refractivity contribution in [2.75, 3.05) is 20.2 Å². The monoisotopic (exact) mass is 417 g/mol. The van der Waals surface area contributed by atoms with Gasteiger partial charge >= 0.3 is 12.0 Å². The van der Waals surface area contributed by atoms with Crippen molar-refractivity contribution in [2.24, 2.45) is 0 Å². The number of carbonyl (C=O) groups excluding carboxylic acids is 2. The van der Waals surface area contributed by atoms with Gasteiger partial charge in [0.2, 0.25) is 0 Å². The van der Waals surface area contributed by atoms with Crippen molar-refractivity contribution >= 4 is 23.6 Å². The van der Waals surface area contributed by atoms with Gasteiger partial charge in [-0.25, -0.2) is 9.59 Å². The molecule has 0 spiro atoms. The minimum Gasteiger partial charge on any atom is -0.467 e. The van der Waals surface area contributed by atoms with Crippen LogP contribution >= 0.6 is 11.6 Å². The fourth-order valence-corrected chi connectivity index (χ4v) is 3.47. The smallest absolute Gasteiger partial charge is 0.338 e. The Bertz CT molecular complexity index is 910. The van der Waals surface area contributed by atoms with Crippen molar-refractivity contribution in [3.63, 3.8) is 0 Å². The highest BCUT2D eigenvalue weighted by atomic mass is 35.5. The first kappa shape index (κ1) is 21.0. The molecule has 2 unspecified atom stereocenters. The molecule has 0 aliphatic carbocycles. The number of likely N-dealkylation sites (N-methyl/N-ethyl adjacent to an activating group) is 1. The summed E-state index contributed by atoms with van der Waals surface area (Å²) in [5.41, 5.74) is 1.83. The van der Waals surface area contributed by atoms with Crippen molar-refractivity contribution in [1.29, 1.82) is 0 Å². The Morgan fingerprint density at radius 1 is 1.34 bits per heavy atom. The average molecular weight is 418 g/mol. The molecule has 2 aromatic rings. The van der Waals surface area contributed by atoms with E-state index in [4.69, 9.17) is 20.8 Å². The molecule has 8 heteroatoms. The minimum atomic E-state index is -0.720. The van der Waals surface area contributed by atoms with Crippen LogP contribution in [0.25, 0.3) is 0 Å². The Morgan fingerprint density at radius 3 is 2.79 bits per heavy atom. The molecule has 1 aromatic carbocycles. The molecule has 7 nitrogen and oxygen atoms in total. The molecule has 3 rings (SSSR count). The quantitative estimate of drug-likeness (QED) is 0.669. The molecule has 2 N–H and O–H groups in total. The lowest BCUT2D eigenvalue weighted by Gasteiger charge is -2.32. The highest BCUT2D eigenvalue weighted by molar-refractivity contribution is 6.30. The zero-order chi connectivity index (χ0) is 21.0. The molecule has 2 atom stereocenters. The lowest BCUT2D eigenvalue weighted by atomic mass is 9.99. The van der Waals surface area contributed by atoms with Gasteiger partial charge in [-0.1, -0.05) is 23.7 Å². The van der Waals surface area contributed by atoms with E-state index in [1.807, 2.05) is 43.1 Å². The maximum atomic E-state index is 12.7. The van der Waals surface area contributed by atoms with Gasteiger partial charge in [0.25, 0.3) is 0 Å². The normalized spacial score (nSPS) is 17.7. The summed E-state index contributed by atoms with van der Waals surface area (Å²) in [7, 11) is 1.91. The summed E-state index contributed by atoms with van der Waals surface area (Å²) in [6.45, 7) is 4.32. The highest BCUT2D eigenvalue weighted by Gasteiger charge is 2.35. The lowest BCUT2D eigenvalue weighted by molar-refractivity contribution is -0.139. The van der Waals surface area contributed by atoms with Crippen LogP contribution < -0.4 is 10.6 Å². The Kier molecular flexibility index (Phi) is 6.61. The first-order valence-electron chi connectivity index (χ1n) is 9.37.